The van der Waals surface area contributed by atoms with E-state index >= 15 is 0 Å². The number of aryl methyl sites for hydroxylation is 1. The Balaban J connectivity index is 1.69. The molecule has 8 heteroatoms. The average Bonchev–Trinajstić information content (AvgIpc) is 2.73. The lowest BCUT2D eigenvalue weighted by Crippen LogP contribution is -2.55. The smallest absolute Gasteiger partial charge is 0.253 e. The van der Waals surface area contributed by atoms with Gasteiger partial charge in [0.2, 0.25) is 10.0 Å². The number of rotatable bonds is 7. The Labute approximate surface area is 181 Å². The molecule has 1 aromatic carbocycles. The van der Waals surface area contributed by atoms with E-state index in [9.17, 15) is 13.2 Å². The van der Waals surface area contributed by atoms with Crippen molar-refractivity contribution < 1.29 is 17.9 Å². The van der Waals surface area contributed by atoms with Crippen LogP contribution in [-0.4, -0.2) is 93.2 Å². The van der Waals surface area contributed by atoms with Crippen molar-refractivity contribution >= 4 is 15.9 Å². The highest BCUT2D eigenvalue weighted by molar-refractivity contribution is 7.88. The van der Waals surface area contributed by atoms with Gasteiger partial charge in [-0.2, -0.15) is 0 Å². The van der Waals surface area contributed by atoms with Crippen molar-refractivity contribution in [2.45, 2.75) is 44.7 Å². The van der Waals surface area contributed by atoms with Crippen LogP contribution in [0.15, 0.2) is 24.3 Å². The highest BCUT2D eigenvalue weighted by Gasteiger charge is 2.34. The molecule has 1 aromatic rings. The van der Waals surface area contributed by atoms with Crippen LogP contribution in [0.25, 0.3) is 0 Å². The summed E-state index contributed by atoms with van der Waals surface area (Å²) in [6.45, 7) is 5.94. The first-order valence-corrected chi connectivity index (χ1v) is 12.7. The molecule has 1 amide bonds. The topological polar surface area (TPSA) is 70.2 Å². The molecule has 3 rings (SSSR count). The summed E-state index contributed by atoms with van der Waals surface area (Å²) in [5.41, 5.74) is 1.78. The molecule has 2 aliphatic heterocycles. The van der Waals surface area contributed by atoms with Gasteiger partial charge in [-0.3, -0.25) is 9.69 Å². The van der Waals surface area contributed by atoms with Crippen LogP contribution < -0.4 is 0 Å². The first-order chi connectivity index (χ1) is 14.3. The van der Waals surface area contributed by atoms with Crippen LogP contribution in [0.4, 0.5) is 0 Å². The van der Waals surface area contributed by atoms with Gasteiger partial charge in [0.05, 0.1) is 6.26 Å². The molecule has 0 bridgehead atoms. The fraction of sp³-hybridized carbons (Fsp3) is 0.682. The van der Waals surface area contributed by atoms with Crippen molar-refractivity contribution in [1.82, 2.24) is 14.1 Å². The Hall–Kier alpha value is -1.48. The molecule has 7 nitrogen and oxygen atoms in total. The van der Waals surface area contributed by atoms with Crippen molar-refractivity contribution in [3.63, 3.8) is 0 Å². The fourth-order valence-corrected chi connectivity index (χ4v) is 5.44. The molecule has 0 radical (unpaired) electrons. The van der Waals surface area contributed by atoms with Gasteiger partial charge in [-0.15, -0.1) is 0 Å². The minimum absolute atomic E-state index is 0.0204. The zero-order valence-corrected chi connectivity index (χ0v) is 19.2. The molecule has 2 aliphatic rings. The Morgan fingerprint density at radius 3 is 2.57 bits per heavy atom. The molecule has 168 valence electrons. The number of carbonyl (C=O) groups is 1. The number of likely N-dealkylation sites (N-methyl/N-ethyl adjacent to an activating group) is 1. The number of carbonyl (C=O) groups excluding carboxylic acids is 1. The van der Waals surface area contributed by atoms with Crippen molar-refractivity contribution in [2.75, 3.05) is 52.7 Å². The predicted octanol–water partition coefficient (Wildman–Crippen LogP) is 1.97. The van der Waals surface area contributed by atoms with Crippen molar-refractivity contribution in [3.8, 4) is 0 Å². The van der Waals surface area contributed by atoms with E-state index in [1.54, 1.807) is 9.21 Å². The van der Waals surface area contributed by atoms with Crippen molar-refractivity contribution in [1.29, 1.82) is 0 Å². The molecule has 2 saturated heterocycles. The Morgan fingerprint density at radius 2 is 1.90 bits per heavy atom. The van der Waals surface area contributed by atoms with Gasteiger partial charge in [0.1, 0.15) is 0 Å². The van der Waals surface area contributed by atoms with E-state index < -0.39 is 10.0 Å². The Kier molecular flexibility index (Phi) is 7.90. The number of hydrogen-bond donors (Lipinski definition) is 0. The zero-order valence-electron chi connectivity index (χ0n) is 18.4. The maximum atomic E-state index is 12.8. The normalized spacial score (nSPS) is 21.7. The maximum absolute atomic E-state index is 12.8. The Morgan fingerprint density at radius 1 is 1.17 bits per heavy atom. The van der Waals surface area contributed by atoms with Gasteiger partial charge in [0, 0.05) is 64.1 Å². The molecule has 0 N–H and O–H groups in total. The molecular formula is C22H35N3O4S. The van der Waals surface area contributed by atoms with Crippen LogP contribution in [0.5, 0.6) is 0 Å². The first kappa shape index (κ1) is 23.2. The van der Waals surface area contributed by atoms with Crippen LogP contribution >= 0.6 is 0 Å². The molecular weight excluding hydrogens is 402 g/mol. The quantitative estimate of drug-likeness (QED) is 0.652. The number of piperidine rings is 1. The van der Waals surface area contributed by atoms with E-state index in [4.69, 9.17) is 4.74 Å². The third kappa shape index (κ3) is 6.03. The summed E-state index contributed by atoms with van der Waals surface area (Å²) >= 11 is 0. The summed E-state index contributed by atoms with van der Waals surface area (Å²) in [4.78, 5) is 17.1. The van der Waals surface area contributed by atoms with Crippen molar-refractivity contribution in [3.05, 3.63) is 35.4 Å². The third-order valence-corrected chi connectivity index (χ3v) is 7.53. The molecule has 0 saturated carbocycles. The lowest BCUT2D eigenvalue weighted by atomic mass is 9.99. The van der Waals surface area contributed by atoms with E-state index in [0.717, 1.165) is 51.0 Å². The predicted molar refractivity (Wildman–Crippen MR) is 118 cm³/mol. The highest BCUT2D eigenvalue weighted by Crippen LogP contribution is 2.24. The standard InChI is InChI=1S/C22H35N3O4S/c1-18-6-4-7-19(16-18)22(26)23(2)12-13-25(20-9-14-29-15-10-20)21-8-5-11-24(17-21)30(3,27)28/h4,6-7,16,20-21H,5,8-15,17H2,1-3H3. The molecule has 1 unspecified atom stereocenters. The van der Waals surface area contributed by atoms with Gasteiger partial charge in [-0.25, -0.2) is 12.7 Å². The Bertz CT molecular complexity index is 823. The van der Waals surface area contributed by atoms with Crippen molar-refractivity contribution in [2.24, 2.45) is 0 Å². The van der Waals surface area contributed by atoms with Crippen LogP contribution in [0.1, 0.15) is 41.6 Å². The maximum Gasteiger partial charge on any atom is 0.253 e. The third-order valence-electron chi connectivity index (χ3n) is 6.26. The number of amides is 1. The zero-order chi connectivity index (χ0) is 21.7. The minimum atomic E-state index is -3.19. The summed E-state index contributed by atoms with van der Waals surface area (Å²) in [6, 6.07) is 8.21. The number of benzene rings is 1. The number of nitrogens with zero attached hydrogens (tertiary/aromatic N) is 3. The number of hydrogen-bond acceptors (Lipinski definition) is 5. The van der Waals surface area contributed by atoms with Gasteiger partial charge in [-0.05, 0) is 44.7 Å². The second kappa shape index (κ2) is 10.2. The monoisotopic (exact) mass is 437 g/mol. The van der Waals surface area contributed by atoms with Gasteiger partial charge in [0.15, 0.2) is 0 Å². The molecule has 0 aromatic heterocycles. The van der Waals surface area contributed by atoms with E-state index in [2.05, 4.69) is 4.90 Å². The van der Waals surface area contributed by atoms with E-state index in [0.29, 0.717) is 31.2 Å². The minimum Gasteiger partial charge on any atom is -0.381 e. The summed E-state index contributed by atoms with van der Waals surface area (Å²) < 4.78 is 31.4. The molecule has 0 spiro atoms. The lowest BCUT2D eigenvalue weighted by molar-refractivity contribution is 0.00319. The second-order valence-electron chi connectivity index (χ2n) is 8.59. The van der Waals surface area contributed by atoms with E-state index in [-0.39, 0.29) is 11.9 Å². The second-order valence-corrected chi connectivity index (χ2v) is 10.6. The van der Waals surface area contributed by atoms with E-state index in [1.807, 2.05) is 38.2 Å². The summed E-state index contributed by atoms with van der Waals surface area (Å²) in [6.07, 6.45) is 5.05. The SMILES string of the molecule is Cc1cccc(C(=O)N(C)CCN(C2CCOCC2)C2CCCN(S(C)(=O)=O)C2)c1. The fourth-order valence-electron chi connectivity index (χ4n) is 4.54. The molecule has 30 heavy (non-hydrogen) atoms. The summed E-state index contributed by atoms with van der Waals surface area (Å²) in [5, 5.41) is 0. The number of ether oxygens (including phenoxy) is 1. The van der Waals surface area contributed by atoms with Crippen LogP contribution in [0.3, 0.4) is 0 Å². The van der Waals surface area contributed by atoms with Crippen LogP contribution in [0.2, 0.25) is 0 Å². The lowest BCUT2D eigenvalue weighted by Gasteiger charge is -2.44. The molecule has 2 heterocycles. The molecule has 0 aliphatic carbocycles. The van der Waals surface area contributed by atoms with Crippen LogP contribution in [-0.2, 0) is 14.8 Å². The summed E-state index contributed by atoms with van der Waals surface area (Å²) in [5.74, 6) is 0.0204. The van der Waals surface area contributed by atoms with Crippen LogP contribution in [0, 0.1) is 6.92 Å². The number of sulfonamides is 1. The van der Waals surface area contributed by atoms with E-state index in [1.165, 1.54) is 6.26 Å². The van der Waals surface area contributed by atoms with Gasteiger partial charge >= 0.3 is 0 Å². The molecule has 1 atom stereocenters. The van der Waals surface area contributed by atoms with Gasteiger partial charge in [-0.1, -0.05) is 17.7 Å². The summed E-state index contributed by atoms with van der Waals surface area (Å²) in [7, 11) is -1.35. The van der Waals surface area contributed by atoms with Gasteiger partial charge in [0.25, 0.3) is 5.91 Å². The largest absolute Gasteiger partial charge is 0.381 e. The average molecular weight is 438 g/mol. The highest BCUT2D eigenvalue weighted by atomic mass is 32.2. The van der Waals surface area contributed by atoms with Gasteiger partial charge < -0.3 is 9.64 Å². The molecule has 2 fully saturated rings. The first-order valence-electron chi connectivity index (χ1n) is 10.9.